The van der Waals surface area contributed by atoms with E-state index in [9.17, 15) is 0 Å². The molecule has 0 N–H and O–H groups in total. The molecule has 3 atom stereocenters. The summed E-state index contributed by atoms with van der Waals surface area (Å²) in [6.45, 7) is 9.34. The summed E-state index contributed by atoms with van der Waals surface area (Å²) in [6, 6.07) is 8.50. The van der Waals surface area contributed by atoms with E-state index in [0.29, 0.717) is 0 Å². The molecule has 1 aromatic carbocycles. The van der Waals surface area contributed by atoms with Crippen molar-refractivity contribution in [3.05, 3.63) is 29.8 Å². The lowest BCUT2D eigenvalue weighted by atomic mass is 10.1. The van der Waals surface area contributed by atoms with Gasteiger partial charge in [-0.2, -0.15) is 0 Å². The molecule has 0 bridgehead atoms. The van der Waals surface area contributed by atoms with Gasteiger partial charge in [0.05, 0.1) is 13.7 Å². The van der Waals surface area contributed by atoms with Crippen molar-refractivity contribution in [3.8, 4) is 5.75 Å². The van der Waals surface area contributed by atoms with Crippen LogP contribution in [0.15, 0.2) is 24.3 Å². The third kappa shape index (κ3) is 4.59. The fourth-order valence-corrected chi connectivity index (χ4v) is 4.89. The molecule has 0 spiro atoms. The monoisotopic (exact) mass is 358 g/mol. The van der Waals surface area contributed by atoms with Gasteiger partial charge in [0.1, 0.15) is 5.75 Å². The third-order valence-corrected chi connectivity index (χ3v) is 6.53. The number of hydrogen-bond acceptors (Lipinski definition) is 4. The van der Waals surface area contributed by atoms with Gasteiger partial charge in [-0.1, -0.05) is 18.6 Å². The van der Waals surface area contributed by atoms with E-state index in [1.54, 1.807) is 7.11 Å². The largest absolute Gasteiger partial charge is 0.497 e. The zero-order valence-electron chi connectivity index (χ0n) is 16.2. The van der Waals surface area contributed by atoms with Gasteiger partial charge in [-0.05, 0) is 67.8 Å². The van der Waals surface area contributed by atoms with Gasteiger partial charge >= 0.3 is 0 Å². The third-order valence-electron chi connectivity index (χ3n) is 6.53. The maximum Gasteiger partial charge on any atom is 0.118 e. The van der Waals surface area contributed by atoms with Crippen molar-refractivity contribution < 1.29 is 9.47 Å². The van der Waals surface area contributed by atoms with Crippen LogP contribution in [0, 0.1) is 17.8 Å². The number of fused-ring (bicyclic) bond motifs is 1. The summed E-state index contributed by atoms with van der Waals surface area (Å²) in [5.41, 5.74) is 1.39. The topological polar surface area (TPSA) is 24.9 Å². The van der Waals surface area contributed by atoms with Crippen molar-refractivity contribution in [2.45, 2.75) is 32.2 Å². The normalized spacial score (nSPS) is 28.9. The number of benzene rings is 1. The Labute approximate surface area is 158 Å². The van der Waals surface area contributed by atoms with E-state index in [1.165, 1.54) is 64.0 Å². The summed E-state index contributed by atoms with van der Waals surface area (Å²) >= 11 is 0. The maximum absolute atomic E-state index is 6.00. The SMILES string of the molecule is COc1ccc(CN2C[C@@H]3[C@@H](COCCCN4CCCCC4)[C@@H]3C2)cc1. The highest BCUT2D eigenvalue weighted by molar-refractivity contribution is 5.27. The highest BCUT2D eigenvalue weighted by Gasteiger charge is 2.55. The van der Waals surface area contributed by atoms with Gasteiger partial charge in [-0.25, -0.2) is 0 Å². The minimum Gasteiger partial charge on any atom is -0.497 e. The van der Waals surface area contributed by atoms with Gasteiger partial charge in [0, 0.05) is 32.8 Å². The Kier molecular flexibility index (Phi) is 6.13. The molecule has 4 rings (SSSR count). The summed E-state index contributed by atoms with van der Waals surface area (Å²) in [4.78, 5) is 5.21. The quantitative estimate of drug-likeness (QED) is 0.633. The van der Waals surface area contributed by atoms with E-state index >= 15 is 0 Å². The average Bonchev–Trinajstić information content (AvgIpc) is 3.14. The molecule has 0 aromatic heterocycles. The molecule has 3 aliphatic rings. The molecule has 26 heavy (non-hydrogen) atoms. The van der Waals surface area contributed by atoms with Crippen LogP contribution < -0.4 is 4.74 Å². The standard InChI is InChI=1S/C22H34N2O2/c1-25-19-8-6-18(7-9-19)14-24-15-20-21(16-24)22(20)17-26-13-5-12-23-10-3-2-4-11-23/h6-9,20-22H,2-5,10-17H2,1H3/t20-,21+,22+. The fourth-order valence-electron chi connectivity index (χ4n) is 4.89. The van der Waals surface area contributed by atoms with Crippen molar-refractivity contribution in [2.75, 3.05) is 53.0 Å². The molecule has 0 unspecified atom stereocenters. The zero-order valence-corrected chi connectivity index (χ0v) is 16.2. The summed E-state index contributed by atoms with van der Waals surface area (Å²) in [6.07, 6.45) is 5.40. The second-order valence-corrected chi connectivity index (χ2v) is 8.36. The number of hydrogen-bond donors (Lipinski definition) is 0. The van der Waals surface area contributed by atoms with E-state index in [2.05, 4.69) is 34.1 Å². The summed E-state index contributed by atoms with van der Waals surface area (Å²) in [5.74, 6) is 3.54. The van der Waals surface area contributed by atoms with Gasteiger partial charge < -0.3 is 14.4 Å². The molecule has 0 amide bonds. The predicted octanol–water partition coefficient (Wildman–Crippen LogP) is 3.27. The molecule has 2 heterocycles. The van der Waals surface area contributed by atoms with E-state index < -0.39 is 0 Å². The fraction of sp³-hybridized carbons (Fsp3) is 0.727. The van der Waals surface area contributed by atoms with E-state index in [4.69, 9.17) is 9.47 Å². The van der Waals surface area contributed by atoms with Crippen LogP contribution in [0.25, 0.3) is 0 Å². The van der Waals surface area contributed by atoms with Gasteiger partial charge in [-0.15, -0.1) is 0 Å². The Morgan fingerprint density at radius 3 is 2.38 bits per heavy atom. The number of nitrogens with zero attached hydrogens (tertiary/aromatic N) is 2. The van der Waals surface area contributed by atoms with Crippen LogP contribution in [0.1, 0.15) is 31.2 Å². The zero-order chi connectivity index (χ0) is 17.8. The molecule has 4 nitrogen and oxygen atoms in total. The van der Waals surface area contributed by atoms with Crippen LogP contribution in [0.2, 0.25) is 0 Å². The van der Waals surface area contributed by atoms with Crippen molar-refractivity contribution in [3.63, 3.8) is 0 Å². The Hall–Kier alpha value is -1.10. The van der Waals surface area contributed by atoms with Crippen LogP contribution in [0.4, 0.5) is 0 Å². The highest BCUT2D eigenvalue weighted by atomic mass is 16.5. The summed E-state index contributed by atoms with van der Waals surface area (Å²) < 4.78 is 11.2. The van der Waals surface area contributed by atoms with Crippen molar-refractivity contribution in [1.29, 1.82) is 0 Å². The smallest absolute Gasteiger partial charge is 0.118 e. The Morgan fingerprint density at radius 1 is 0.962 bits per heavy atom. The maximum atomic E-state index is 6.00. The first-order valence-corrected chi connectivity index (χ1v) is 10.5. The number of likely N-dealkylation sites (tertiary alicyclic amines) is 2. The highest BCUT2D eigenvalue weighted by Crippen LogP contribution is 2.52. The molecular formula is C22H34N2O2. The number of methoxy groups -OCH3 is 1. The lowest BCUT2D eigenvalue weighted by molar-refractivity contribution is 0.0967. The number of piperidine rings is 2. The summed E-state index contributed by atoms with van der Waals surface area (Å²) in [7, 11) is 1.72. The Bertz CT molecular complexity index is 544. The summed E-state index contributed by atoms with van der Waals surface area (Å²) in [5, 5.41) is 0. The van der Waals surface area contributed by atoms with Crippen LogP contribution in [0.3, 0.4) is 0 Å². The Balaban J connectivity index is 1.07. The van der Waals surface area contributed by atoms with Crippen molar-refractivity contribution >= 4 is 0 Å². The number of ether oxygens (including phenoxy) is 2. The van der Waals surface area contributed by atoms with E-state index in [-0.39, 0.29) is 0 Å². The molecule has 1 saturated carbocycles. The van der Waals surface area contributed by atoms with Crippen LogP contribution in [0.5, 0.6) is 5.75 Å². The molecule has 2 aliphatic heterocycles. The minimum atomic E-state index is 0.831. The lowest BCUT2D eigenvalue weighted by Crippen LogP contribution is -2.31. The second kappa shape index (κ2) is 8.73. The first-order chi connectivity index (χ1) is 12.8. The van der Waals surface area contributed by atoms with Crippen molar-refractivity contribution in [1.82, 2.24) is 9.80 Å². The molecule has 3 fully saturated rings. The van der Waals surface area contributed by atoms with E-state index in [0.717, 1.165) is 43.3 Å². The van der Waals surface area contributed by atoms with Crippen molar-refractivity contribution in [2.24, 2.45) is 17.8 Å². The van der Waals surface area contributed by atoms with Gasteiger partial charge in [0.2, 0.25) is 0 Å². The number of rotatable bonds is 9. The lowest BCUT2D eigenvalue weighted by Gasteiger charge is -2.26. The van der Waals surface area contributed by atoms with Crippen LogP contribution in [-0.4, -0.2) is 62.8 Å². The molecule has 1 aromatic rings. The van der Waals surface area contributed by atoms with E-state index in [1.807, 2.05) is 0 Å². The minimum absolute atomic E-state index is 0.831. The first kappa shape index (κ1) is 18.3. The van der Waals surface area contributed by atoms with Gasteiger partial charge in [-0.3, -0.25) is 4.90 Å². The molecule has 0 radical (unpaired) electrons. The average molecular weight is 359 g/mol. The molecule has 144 valence electrons. The predicted molar refractivity (Wildman–Crippen MR) is 104 cm³/mol. The van der Waals surface area contributed by atoms with Gasteiger partial charge in [0.25, 0.3) is 0 Å². The van der Waals surface area contributed by atoms with Crippen LogP contribution in [-0.2, 0) is 11.3 Å². The first-order valence-electron chi connectivity index (χ1n) is 10.5. The van der Waals surface area contributed by atoms with Gasteiger partial charge in [0.15, 0.2) is 0 Å². The van der Waals surface area contributed by atoms with Crippen LogP contribution >= 0.6 is 0 Å². The second-order valence-electron chi connectivity index (χ2n) is 8.36. The molecule has 4 heteroatoms. The molecule has 1 aliphatic carbocycles. The Morgan fingerprint density at radius 2 is 1.69 bits per heavy atom. The molecular weight excluding hydrogens is 324 g/mol. The molecule has 2 saturated heterocycles.